The molecule has 0 heterocycles. The number of benzene rings is 1. The molecule has 0 amide bonds. The summed E-state index contributed by atoms with van der Waals surface area (Å²) in [6.45, 7) is 4.43. The van der Waals surface area contributed by atoms with E-state index < -0.39 is 10.0 Å². The van der Waals surface area contributed by atoms with Crippen molar-refractivity contribution in [2.75, 3.05) is 26.7 Å². The Morgan fingerprint density at radius 1 is 1.28 bits per heavy atom. The fourth-order valence-corrected chi connectivity index (χ4v) is 2.44. The fraction of sp³-hybridized carbons (Fsp3) is 0.500. The minimum absolute atomic E-state index is 0.277. The summed E-state index contributed by atoms with van der Waals surface area (Å²) >= 11 is 0. The summed E-state index contributed by atoms with van der Waals surface area (Å²) in [5.74, 6) is 0. The van der Waals surface area contributed by atoms with Crippen molar-refractivity contribution in [1.82, 2.24) is 9.62 Å². The number of hydrogen-bond acceptors (Lipinski definition) is 4. The molecule has 0 unspecified atom stereocenters. The second kappa shape index (κ2) is 6.84. The van der Waals surface area contributed by atoms with E-state index in [0.29, 0.717) is 19.6 Å². The van der Waals surface area contributed by atoms with Crippen LogP contribution in [-0.4, -0.2) is 40.0 Å². The number of rotatable bonds is 7. The lowest BCUT2D eigenvalue weighted by molar-refractivity contribution is 0.358. The molecular formula is C12H21N3O2S. The predicted molar refractivity (Wildman–Crippen MR) is 72.7 cm³/mol. The molecule has 0 aromatic heterocycles. The zero-order valence-electron chi connectivity index (χ0n) is 10.9. The third-order valence-electron chi connectivity index (χ3n) is 2.79. The Balaban J connectivity index is 2.62. The first-order valence-corrected chi connectivity index (χ1v) is 7.45. The third kappa shape index (κ3) is 4.38. The van der Waals surface area contributed by atoms with E-state index in [1.54, 1.807) is 24.3 Å². The van der Waals surface area contributed by atoms with E-state index in [1.165, 1.54) is 0 Å². The normalized spacial score (nSPS) is 12.0. The Morgan fingerprint density at radius 3 is 2.39 bits per heavy atom. The molecule has 18 heavy (non-hydrogen) atoms. The molecule has 3 N–H and O–H groups in total. The van der Waals surface area contributed by atoms with Crippen LogP contribution in [0.1, 0.15) is 12.5 Å². The summed E-state index contributed by atoms with van der Waals surface area (Å²) in [7, 11) is -1.46. The highest BCUT2D eigenvalue weighted by molar-refractivity contribution is 7.89. The van der Waals surface area contributed by atoms with Crippen LogP contribution >= 0.6 is 0 Å². The maximum atomic E-state index is 11.9. The molecule has 0 bridgehead atoms. The van der Waals surface area contributed by atoms with Crippen molar-refractivity contribution >= 4 is 10.0 Å². The van der Waals surface area contributed by atoms with Gasteiger partial charge in [0.1, 0.15) is 0 Å². The molecule has 1 aromatic carbocycles. The van der Waals surface area contributed by atoms with Crippen molar-refractivity contribution in [3.05, 3.63) is 29.8 Å². The van der Waals surface area contributed by atoms with Gasteiger partial charge in [-0.2, -0.15) is 0 Å². The molecule has 0 saturated carbocycles. The van der Waals surface area contributed by atoms with Crippen LogP contribution in [0.2, 0.25) is 0 Å². The van der Waals surface area contributed by atoms with Gasteiger partial charge in [0, 0.05) is 19.6 Å². The van der Waals surface area contributed by atoms with Crippen molar-refractivity contribution in [3.8, 4) is 0 Å². The summed E-state index contributed by atoms with van der Waals surface area (Å²) < 4.78 is 26.5. The highest BCUT2D eigenvalue weighted by atomic mass is 32.2. The van der Waals surface area contributed by atoms with Crippen molar-refractivity contribution < 1.29 is 8.42 Å². The first-order valence-electron chi connectivity index (χ1n) is 5.97. The van der Waals surface area contributed by atoms with Crippen LogP contribution in [0.15, 0.2) is 29.2 Å². The average Bonchev–Trinajstić information content (AvgIpc) is 2.38. The van der Waals surface area contributed by atoms with Gasteiger partial charge in [0.15, 0.2) is 0 Å². The van der Waals surface area contributed by atoms with Crippen molar-refractivity contribution in [2.24, 2.45) is 5.73 Å². The summed E-state index contributed by atoms with van der Waals surface area (Å²) in [5.41, 5.74) is 6.38. The first-order chi connectivity index (χ1) is 8.49. The summed E-state index contributed by atoms with van der Waals surface area (Å²) in [4.78, 5) is 2.32. The van der Waals surface area contributed by atoms with Crippen molar-refractivity contribution in [2.45, 2.75) is 18.4 Å². The maximum Gasteiger partial charge on any atom is 0.240 e. The SMILES string of the molecule is CCN(C)CCNS(=O)(=O)c1ccc(CN)cc1. The molecule has 0 saturated heterocycles. The van der Waals surface area contributed by atoms with Gasteiger partial charge in [-0.1, -0.05) is 19.1 Å². The summed E-state index contributed by atoms with van der Waals surface area (Å²) in [6, 6.07) is 6.61. The standard InChI is InChI=1S/C12H21N3O2S/c1-3-15(2)9-8-14-18(16,17)12-6-4-11(10-13)5-7-12/h4-7,14H,3,8-10,13H2,1-2H3. The van der Waals surface area contributed by atoms with Gasteiger partial charge in [0.2, 0.25) is 10.0 Å². The van der Waals surface area contributed by atoms with Gasteiger partial charge in [-0.25, -0.2) is 13.1 Å². The van der Waals surface area contributed by atoms with E-state index in [1.807, 2.05) is 18.9 Å². The quantitative estimate of drug-likeness (QED) is 0.751. The van der Waals surface area contributed by atoms with Crippen LogP contribution < -0.4 is 10.5 Å². The van der Waals surface area contributed by atoms with Gasteiger partial charge in [-0.3, -0.25) is 0 Å². The van der Waals surface area contributed by atoms with Gasteiger partial charge in [0.05, 0.1) is 4.90 Å². The number of nitrogens with zero attached hydrogens (tertiary/aromatic N) is 1. The molecule has 0 spiro atoms. The lowest BCUT2D eigenvalue weighted by atomic mass is 10.2. The highest BCUT2D eigenvalue weighted by Crippen LogP contribution is 2.09. The van der Waals surface area contributed by atoms with Gasteiger partial charge >= 0.3 is 0 Å². The topological polar surface area (TPSA) is 75.4 Å². The fourth-order valence-electron chi connectivity index (χ4n) is 1.42. The second-order valence-electron chi connectivity index (χ2n) is 4.14. The van der Waals surface area contributed by atoms with Gasteiger partial charge in [0.25, 0.3) is 0 Å². The van der Waals surface area contributed by atoms with Crippen LogP contribution in [0.5, 0.6) is 0 Å². The van der Waals surface area contributed by atoms with E-state index >= 15 is 0 Å². The monoisotopic (exact) mass is 271 g/mol. The Labute approximate surface area is 109 Å². The van der Waals surface area contributed by atoms with Gasteiger partial charge < -0.3 is 10.6 Å². The van der Waals surface area contributed by atoms with Crippen LogP contribution in [0.3, 0.4) is 0 Å². The van der Waals surface area contributed by atoms with Crippen molar-refractivity contribution in [3.63, 3.8) is 0 Å². The van der Waals surface area contributed by atoms with E-state index in [0.717, 1.165) is 12.1 Å². The van der Waals surface area contributed by atoms with Crippen LogP contribution in [0.25, 0.3) is 0 Å². The largest absolute Gasteiger partial charge is 0.326 e. The first kappa shape index (κ1) is 15.1. The Hall–Kier alpha value is -0.950. The van der Waals surface area contributed by atoms with Crippen LogP contribution in [0, 0.1) is 0 Å². The molecule has 1 rings (SSSR count). The molecule has 6 heteroatoms. The predicted octanol–water partition coefficient (Wildman–Crippen LogP) is 0.375. The van der Waals surface area contributed by atoms with Crippen LogP contribution in [-0.2, 0) is 16.6 Å². The molecule has 102 valence electrons. The lowest BCUT2D eigenvalue weighted by Crippen LogP contribution is -2.32. The zero-order valence-corrected chi connectivity index (χ0v) is 11.7. The smallest absolute Gasteiger partial charge is 0.240 e. The molecule has 0 aliphatic carbocycles. The van der Waals surface area contributed by atoms with Gasteiger partial charge in [-0.15, -0.1) is 0 Å². The highest BCUT2D eigenvalue weighted by Gasteiger charge is 2.12. The Kier molecular flexibility index (Phi) is 5.74. The number of nitrogens with one attached hydrogen (secondary N) is 1. The Morgan fingerprint density at radius 2 is 1.89 bits per heavy atom. The summed E-state index contributed by atoms with van der Waals surface area (Å²) in [5, 5.41) is 0. The number of sulfonamides is 1. The minimum atomic E-state index is -3.41. The molecule has 1 aromatic rings. The molecule has 0 atom stereocenters. The maximum absolute atomic E-state index is 11.9. The van der Waals surface area contributed by atoms with E-state index in [4.69, 9.17) is 5.73 Å². The molecule has 5 nitrogen and oxygen atoms in total. The molecular weight excluding hydrogens is 250 g/mol. The zero-order chi connectivity index (χ0) is 13.6. The number of likely N-dealkylation sites (N-methyl/N-ethyl adjacent to an activating group) is 1. The van der Waals surface area contributed by atoms with E-state index in [9.17, 15) is 8.42 Å². The third-order valence-corrected chi connectivity index (χ3v) is 4.27. The molecule has 0 aliphatic rings. The van der Waals surface area contributed by atoms with E-state index in [2.05, 4.69) is 4.72 Å². The average molecular weight is 271 g/mol. The van der Waals surface area contributed by atoms with Gasteiger partial charge in [-0.05, 0) is 31.3 Å². The molecule has 0 fully saturated rings. The number of nitrogens with two attached hydrogens (primary N) is 1. The van der Waals surface area contributed by atoms with Crippen molar-refractivity contribution in [1.29, 1.82) is 0 Å². The molecule has 0 radical (unpaired) electrons. The van der Waals surface area contributed by atoms with Crippen LogP contribution in [0.4, 0.5) is 0 Å². The summed E-state index contributed by atoms with van der Waals surface area (Å²) in [6.07, 6.45) is 0. The number of hydrogen-bond donors (Lipinski definition) is 2. The molecule has 0 aliphatic heterocycles. The minimum Gasteiger partial charge on any atom is -0.326 e. The lowest BCUT2D eigenvalue weighted by Gasteiger charge is -2.14. The second-order valence-corrected chi connectivity index (χ2v) is 5.91. The Bertz CT molecular complexity index is 457. The van der Waals surface area contributed by atoms with E-state index in [-0.39, 0.29) is 4.90 Å².